The first-order valence-electron chi connectivity index (χ1n) is 9.20. The van der Waals surface area contributed by atoms with Crippen molar-refractivity contribution in [2.24, 2.45) is 0 Å². The molecule has 0 bridgehead atoms. The maximum Gasteiger partial charge on any atom is 0.242 e. The Balaban J connectivity index is 1.62. The van der Waals surface area contributed by atoms with E-state index in [4.69, 9.17) is 0 Å². The zero-order chi connectivity index (χ0) is 16.9. The van der Waals surface area contributed by atoms with E-state index in [2.05, 4.69) is 23.2 Å². The number of likely N-dealkylation sites (tertiary alicyclic amines) is 1. The van der Waals surface area contributed by atoms with Gasteiger partial charge >= 0.3 is 0 Å². The third-order valence-corrected chi connectivity index (χ3v) is 5.26. The van der Waals surface area contributed by atoms with Crippen LogP contribution in [-0.2, 0) is 4.79 Å². The Morgan fingerprint density at radius 2 is 1.92 bits per heavy atom. The van der Waals surface area contributed by atoms with Crippen LogP contribution in [0, 0.1) is 0 Å². The summed E-state index contributed by atoms with van der Waals surface area (Å²) in [6.45, 7) is 5.09. The molecule has 2 fully saturated rings. The summed E-state index contributed by atoms with van der Waals surface area (Å²) < 4.78 is 0. The van der Waals surface area contributed by atoms with E-state index in [1.807, 2.05) is 23.1 Å². The number of benzene rings is 1. The lowest BCUT2D eigenvalue weighted by Crippen LogP contribution is -2.44. The molecule has 1 aromatic carbocycles. The van der Waals surface area contributed by atoms with Crippen LogP contribution < -0.4 is 10.2 Å². The minimum atomic E-state index is -0.177. The van der Waals surface area contributed by atoms with Gasteiger partial charge in [-0.25, -0.2) is 0 Å². The highest BCUT2D eigenvalue weighted by Gasteiger charge is 2.23. The molecule has 2 aliphatic rings. The Morgan fingerprint density at radius 3 is 2.67 bits per heavy atom. The van der Waals surface area contributed by atoms with Crippen LogP contribution in [0.25, 0.3) is 0 Å². The van der Waals surface area contributed by atoms with E-state index in [1.165, 1.54) is 6.42 Å². The number of para-hydroxylation sites is 2. The van der Waals surface area contributed by atoms with Crippen LogP contribution in [0.3, 0.4) is 0 Å². The molecule has 0 saturated carbocycles. The van der Waals surface area contributed by atoms with Crippen LogP contribution in [0.4, 0.5) is 11.4 Å². The number of nitrogens with zero attached hydrogens (tertiary/aromatic N) is 2. The minimum Gasteiger partial charge on any atom is -0.393 e. The van der Waals surface area contributed by atoms with Gasteiger partial charge in [0, 0.05) is 25.7 Å². The van der Waals surface area contributed by atoms with Gasteiger partial charge in [-0.15, -0.1) is 0 Å². The summed E-state index contributed by atoms with van der Waals surface area (Å²) in [5.41, 5.74) is 2.13. The second kappa shape index (κ2) is 7.88. The molecule has 1 aromatic rings. The summed E-state index contributed by atoms with van der Waals surface area (Å²) in [5.74, 6) is 0.186. The number of rotatable bonds is 4. The number of hydrogen-bond donors (Lipinski definition) is 2. The van der Waals surface area contributed by atoms with Gasteiger partial charge < -0.3 is 20.2 Å². The van der Waals surface area contributed by atoms with Crippen molar-refractivity contribution in [1.29, 1.82) is 0 Å². The summed E-state index contributed by atoms with van der Waals surface area (Å²) in [4.78, 5) is 16.8. The summed E-state index contributed by atoms with van der Waals surface area (Å²) >= 11 is 0. The maximum atomic E-state index is 12.5. The van der Waals surface area contributed by atoms with E-state index in [9.17, 15) is 9.90 Å². The van der Waals surface area contributed by atoms with Gasteiger partial charge in [-0.1, -0.05) is 12.1 Å². The van der Waals surface area contributed by atoms with Crippen LogP contribution in [0.15, 0.2) is 24.3 Å². The molecule has 1 atom stereocenters. The maximum absolute atomic E-state index is 12.5. The van der Waals surface area contributed by atoms with Gasteiger partial charge in [0.05, 0.1) is 24.0 Å². The lowest BCUT2D eigenvalue weighted by molar-refractivity contribution is -0.132. The van der Waals surface area contributed by atoms with Gasteiger partial charge in [0.15, 0.2) is 0 Å². The van der Waals surface area contributed by atoms with Crippen molar-refractivity contribution in [3.05, 3.63) is 24.3 Å². The molecule has 0 unspecified atom stereocenters. The molecule has 2 heterocycles. The standard InChI is InChI=1S/C19H29N3O2/c1-15-6-4-5-11-22(15)19(24)14-20-17-7-2-3-8-18(17)21-12-9-16(23)10-13-21/h2-3,7-8,15-16,20,23H,4-6,9-14H2,1H3/t15-/m0/s1. The predicted octanol–water partition coefficient (Wildman–Crippen LogP) is 2.46. The van der Waals surface area contributed by atoms with E-state index in [-0.39, 0.29) is 12.0 Å². The lowest BCUT2D eigenvalue weighted by Gasteiger charge is -2.34. The first kappa shape index (κ1) is 17.1. The molecule has 2 saturated heterocycles. The lowest BCUT2D eigenvalue weighted by atomic mass is 10.0. The highest BCUT2D eigenvalue weighted by Crippen LogP contribution is 2.28. The Kier molecular flexibility index (Phi) is 5.61. The van der Waals surface area contributed by atoms with Crippen molar-refractivity contribution >= 4 is 17.3 Å². The number of anilines is 2. The molecular weight excluding hydrogens is 302 g/mol. The van der Waals surface area contributed by atoms with E-state index in [1.54, 1.807) is 0 Å². The van der Waals surface area contributed by atoms with Gasteiger partial charge in [0.1, 0.15) is 0 Å². The molecule has 1 amide bonds. The number of amides is 1. The smallest absolute Gasteiger partial charge is 0.242 e. The molecule has 0 radical (unpaired) electrons. The molecule has 5 nitrogen and oxygen atoms in total. The normalized spacial score (nSPS) is 22.5. The summed E-state index contributed by atoms with van der Waals surface area (Å²) in [7, 11) is 0. The molecule has 0 aliphatic carbocycles. The molecular formula is C19H29N3O2. The number of carbonyl (C=O) groups excluding carboxylic acids is 1. The second-order valence-electron chi connectivity index (χ2n) is 7.02. The van der Waals surface area contributed by atoms with Gasteiger partial charge in [-0.2, -0.15) is 0 Å². The molecule has 3 rings (SSSR count). The summed E-state index contributed by atoms with van der Waals surface area (Å²) in [6, 6.07) is 8.51. The monoisotopic (exact) mass is 331 g/mol. The minimum absolute atomic E-state index is 0.177. The topological polar surface area (TPSA) is 55.8 Å². The number of aliphatic hydroxyl groups is 1. The van der Waals surface area contributed by atoms with Crippen LogP contribution in [0.5, 0.6) is 0 Å². The van der Waals surface area contributed by atoms with E-state index in [0.29, 0.717) is 12.6 Å². The van der Waals surface area contributed by atoms with Crippen LogP contribution in [-0.4, -0.2) is 54.2 Å². The largest absolute Gasteiger partial charge is 0.393 e. The van der Waals surface area contributed by atoms with Crippen molar-refractivity contribution in [3.63, 3.8) is 0 Å². The van der Waals surface area contributed by atoms with Gasteiger partial charge in [-0.3, -0.25) is 4.79 Å². The Morgan fingerprint density at radius 1 is 1.17 bits per heavy atom. The van der Waals surface area contributed by atoms with Crippen molar-refractivity contribution in [3.8, 4) is 0 Å². The average molecular weight is 331 g/mol. The molecule has 2 aliphatic heterocycles. The number of hydrogen-bond acceptors (Lipinski definition) is 4. The third-order valence-electron chi connectivity index (χ3n) is 5.26. The van der Waals surface area contributed by atoms with Gasteiger partial charge in [0.2, 0.25) is 5.91 Å². The first-order valence-corrected chi connectivity index (χ1v) is 9.20. The van der Waals surface area contributed by atoms with Gasteiger partial charge in [-0.05, 0) is 51.2 Å². The van der Waals surface area contributed by atoms with Crippen molar-refractivity contribution < 1.29 is 9.90 Å². The zero-order valence-electron chi connectivity index (χ0n) is 14.6. The van der Waals surface area contributed by atoms with Crippen LogP contribution in [0.1, 0.15) is 39.0 Å². The molecule has 2 N–H and O–H groups in total. The van der Waals surface area contributed by atoms with Crippen LogP contribution >= 0.6 is 0 Å². The number of carbonyl (C=O) groups is 1. The van der Waals surface area contributed by atoms with Crippen molar-refractivity contribution in [1.82, 2.24) is 4.90 Å². The predicted molar refractivity (Wildman–Crippen MR) is 97.4 cm³/mol. The fourth-order valence-electron chi connectivity index (χ4n) is 3.75. The summed E-state index contributed by atoms with van der Waals surface area (Å²) in [6.07, 6.45) is 4.88. The number of nitrogens with one attached hydrogen (secondary N) is 1. The Labute approximate surface area is 144 Å². The molecule has 24 heavy (non-hydrogen) atoms. The van der Waals surface area contributed by atoms with Gasteiger partial charge in [0.25, 0.3) is 0 Å². The quantitative estimate of drug-likeness (QED) is 0.890. The van der Waals surface area contributed by atoms with E-state index < -0.39 is 0 Å². The van der Waals surface area contributed by atoms with E-state index in [0.717, 1.165) is 56.7 Å². The third kappa shape index (κ3) is 4.01. The fourth-order valence-corrected chi connectivity index (χ4v) is 3.75. The molecule has 0 aromatic heterocycles. The highest BCUT2D eigenvalue weighted by molar-refractivity contribution is 5.83. The number of aliphatic hydroxyl groups excluding tert-OH is 1. The molecule has 0 spiro atoms. The van der Waals surface area contributed by atoms with Crippen LogP contribution in [0.2, 0.25) is 0 Å². The van der Waals surface area contributed by atoms with E-state index >= 15 is 0 Å². The first-order chi connectivity index (χ1) is 11.6. The average Bonchev–Trinajstić information content (AvgIpc) is 2.61. The zero-order valence-corrected chi connectivity index (χ0v) is 14.6. The summed E-state index contributed by atoms with van der Waals surface area (Å²) in [5, 5.41) is 13.0. The highest BCUT2D eigenvalue weighted by atomic mass is 16.3. The Bertz CT molecular complexity index is 555. The number of piperidine rings is 2. The SMILES string of the molecule is C[C@H]1CCCCN1C(=O)CNc1ccccc1N1CCC(O)CC1. The van der Waals surface area contributed by atoms with Crippen molar-refractivity contribution in [2.75, 3.05) is 36.4 Å². The second-order valence-corrected chi connectivity index (χ2v) is 7.02. The Hall–Kier alpha value is -1.75. The molecule has 5 heteroatoms. The molecule has 132 valence electrons. The fraction of sp³-hybridized carbons (Fsp3) is 0.632. The van der Waals surface area contributed by atoms with Crippen molar-refractivity contribution in [2.45, 2.75) is 51.2 Å².